The summed E-state index contributed by atoms with van der Waals surface area (Å²) < 4.78 is 32.9. The van der Waals surface area contributed by atoms with Gasteiger partial charge in [0.05, 0.1) is 24.1 Å². The van der Waals surface area contributed by atoms with Crippen LogP contribution in [-0.4, -0.2) is 47.1 Å². The lowest BCUT2D eigenvalue weighted by Gasteiger charge is -2.29. The third-order valence-corrected chi connectivity index (χ3v) is 5.46. The SMILES string of the molecule is COc1cc(C)cc(C(F)F)c1-c1ccc2ncc([C@@H]3CCCN(C)C3)nc2n1. The number of aromatic nitrogens is 3. The molecule has 1 atom stereocenters. The Bertz CT molecular complexity index is 1040. The van der Waals surface area contributed by atoms with Crippen molar-refractivity contribution in [1.29, 1.82) is 0 Å². The molecule has 0 N–H and O–H groups in total. The predicted molar refractivity (Wildman–Crippen MR) is 108 cm³/mol. The van der Waals surface area contributed by atoms with Crippen LogP contribution >= 0.6 is 0 Å². The number of rotatable bonds is 4. The van der Waals surface area contributed by atoms with Gasteiger partial charge in [0, 0.05) is 24.2 Å². The van der Waals surface area contributed by atoms with Gasteiger partial charge in [0.2, 0.25) is 0 Å². The minimum atomic E-state index is -2.63. The lowest BCUT2D eigenvalue weighted by atomic mass is 9.95. The molecule has 1 saturated heterocycles. The Hall–Kier alpha value is -2.67. The highest BCUT2D eigenvalue weighted by molar-refractivity contribution is 5.79. The number of hydrogen-bond donors (Lipinski definition) is 0. The molecule has 7 heteroatoms. The first-order valence-corrected chi connectivity index (χ1v) is 9.75. The molecular weight excluding hydrogens is 374 g/mol. The number of methoxy groups -OCH3 is 1. The molecule has 0 bridgehead atoms. The van der Waals surface area contributed by atoms with Crippen LogP contribution in [0.5, 0.6) is 5.75 Å². The fraction of sp³-hybridized carbons (Fsp3) is 0.409. The van der Waals surface area contributed by atoms with Gasteiger partial charge in [0.15, 0.2) is 5.65 Å². The Morgan fingerprint density at radius 3 is 2.76 bits per heavy atom. The summed E-state index contributed by atoms with van der Waals surface area (Å²) in [5, 5.41) is 0. The topological polar surface area (TPSA) is 51.1 Å². The van der Waals surface area contributed by atoms with Crippen molar-refractivity contribution in [1.82, 2.24) is 19.9 Å². The summed E-state index contributed by atoms with van der Waals surface area (Å²) in [7, 11) is 3.58. The van der Waals surface area contributed by atoms with Crippen LogP contribution in [0.1, 0.15) is 42.0 Å². The largest absolute Gasteiger partial charge is 0.496 e. The van der Waals surface area contributed by atoms with E-state index in [1.807, 2.05) is 6.20 Å². The average Bonchev–Trinajstić information content (AvgIpc) is 2.72. The van der Waals surface area contributed by atoms with Crippen molar-refractivity contribution in [2.45, 2.75) is 32.1 Å². The summed E-state index contributed by atoms with van der Waals surface area (Å²) in [5.41, 5.74) is 3.36. The number of pyridine rings is 1. The van der Waals surface area contributed by atoms with Crippen molar-refractivity contribution in [3.63, 3.8) is 0 Å². The Kier molecular flexibility index (Phi) is 5.41. The van der Waals surface area contributed by atoms with E-state index < -0.39 is 6.43 Å². The third-order valence-electron chi connectivity index (χ3n) is 5.46. The molecule has 1 aromatic carbocycles. The zero-order chi connectivity index (χ0) is 20.5. The van der Waals surface area contributed by atoms with Crippen LogP contribution in [0, 0.1) is 6.92 Å². The minimum absolute atomic E-state index is 0.0910. The van der Waals surface area contributed by atoms with Gasteiger partial charge in [-0.1, -0.05) is 0 Å². The summed E-state index contributed by atoms with van der Waals surface area (Å²) in [6.07, 6.45) is 1.36. The third kappa shape index (κ3) is 3.92. The normalized spacial score (nSPS) is 17.8. The van der Waals surface area contributed by atoms with Crippen molar-refractivity contribution in [3.8, 4) is 17.0 Å². The van der Waals surface area contributed by atoms with Gasteiger partial charge in [-0.05, 0) is 63.2 Å². The second-order valence-electron chi connectivity index (χ2n) is 7.67. The molecule has 0 radical (unpaired) electrons. The molecule has 152 valence electrons. The number of likely N-dealkylation sites (tertiary alicyclic amines) is 1. The van der Waals surface area contributed by atoms with Crippen LogP contribution < -0.4 is 4.74 Å². The van der Waals surface area contributed by atoms with Crippen molar-refractivity contribution >= 4 is 11.2 Å². The van der Waals surface area contributed by atoms with Gasteiger partial charge in [-0.3, -0.25) is 4.98 Å². The van der Waals surface area contributed by atoms with Crippen LogP contribution in [0.25, 0.3) is 22.4 Å². The fourth-order valence-electron chi connectivity index (χ4n) is 4.04. The molecule has 1 aliphatic rings. The van der Waals surface area contributed by atoms with E-state index in [1.165, 1.54) is 13.2 Å². The van der Waals surface area contributed by atoms with Crippen LogP contribution in [0.15, 0.2) is 30.5 Å². The molecule has 1 fully saturated rings. The Morgan fingerprint density at radius 1 is 1.21 bits per heavy atom. The van der Waals surface area contributed by atoms with Gasteiger partial charge in [0.1, 0.15) is 11.3 Å². The van der Waals surface area contributed by atoms with Crippen LogP contribution in [0.3, 0.4) is 0 Å². The Morgan fingerprint density at radius 2 is 2.03 bits per heavy atom. The van der Waals surface area contributed by atoms with E-state index in [4.69, 9.17) is 9.72 Å². The molecule has 0 amide bonds. The highest BCUT2D eigenvalue weighted by Crippen LogP contribution is 2.39. The molecule has 0 spiro atoms. The number of fused-ring (bicyclic) bond motifs is 1. The Labute approximate surface area is 168 Å². The number of hydrogen-bond acceptors (Lipinski definition) is 5. The molecule has 0 unspecified atom stereocenters. The number of alkyl halides is 2. The van der Waals surface area contributed by atoms with Gasteiger partial charge >= 0.3 is 0 Å². The Balaban J connectivity index is 1.81. The van der Waals surface area contributed by atoms with Gasteiger partial charge < -0.3 is 9.64 Å². The van der Waals surface area contributed by atoms with Crippen molar-refractivity contribution < 1.29 is 13.5 Å². The maximum Gasteiger partial charge on any atom is 0.264 e. The molecule has 3 aromatic rings. The van der Waals surface area contributed by atoms with E-state index in [-0.39, 0.29) is 5.56 Å². The molecule has 5 nitrogen and oxygen atoms in total. The molecule has 0 saturated carbocycles. The lowest BCUT2D eigenvalue weighted by Crippen LogP contribution is -2.31. The van der Waals surface area contributed by atoms with Crippen molar-refractivity contribution in [3.05, 3.63) is 47.3 Å². The summed E-state index contributed by atoms with van der Waals surface area (Å²) in [4.78, 5) is 16.1. The van der Waals surface area contributed by atoms with Gasteiger partial charge in [0.25, 0.3) is 6.43 Å². The van der Waals surface area contributed by atoms with E-state index in [1.54, 1.807) is 25.1 Å². The molecule has 29 heavy (non-hydrogen) atoms. The number of benzene rings is 1. The number of nitrogens with zero attached hydrogens (tertiary/aromatic N) is 4. The summed E-state index contributed by atoms with van der Waals surface area (Å²) in [6.45, 7) is 3.79. The summed E-state index contributed by atoms with van der Waals surface area (Å²) in [5.74, 6) is 0.687. The summed E-state index contributed by atoms with van der Waals surface area (Å²) >= 11 is 0. The number of halogens is 2. The molecule has 1 aliphatic heterocycles. The number of ether oxygens (including phenoxy) is 1. The van der Waals surface area contributed by atoms with Gasteiger partial charge in [-0.15, -0.1) is 0 Å². The molecule has 3 heterocycles. The molecule has 2 aromatic heterocycles. The van der Waals surface area contributed by atoms with Crippen LogP contribution in [0.4, 0.5) is 8.78 Å². The second kappa shape index (κ2) is 7.99. The lowest BCUT2D eigenvalue weighted by molar-refractivity contribution is 0.151. The molecule has 4 rings (SSSR count). The van der Waals surface area contributed by atoms with Crippen molar-refractivity contribution in [2.75, 3.05) is 27.2 Å². The highest BCUT2D eigenvalue weighted by Gasteiger charge is 2.23. The average molecular weight is 398 g/mol. The zero-order valence-corrected chi connectivity index (χ0v) is 16.8. The maximum atomic E-state index is 13.8. The highest BCUT2D eigenvalue weighted by atomic mass is 19.3. The zero-order valence-electron chi connectivity index (χ0n) is 16.8. The van der Waals surface area contributed by atoms with Crippen molar-refractivity contribution in [2.24, 2.45) is 0 Å². The van der Waals surface area contributed by atoms with Crippen LogP contribution in [-0.2, 0) is 0 Å². The molecule has 0 aliphatic carbocycles. The van der Waals surface area contributed by atoms with E-state index >= 15 is 0 Å². The quantitative estimate of drug-likeness (QED) is 0.634. The van der Waals surface area contributed by atoms with E-state index in [0.717, 1.165) is 31.6 Å². The second-order valence-corrected chi connectivity index (χ2v) is 7.67. The monoisotopic (exact) mass is 398 g/mol. The van der Waals surface area contributed by atoms with E-state index in [2.05, 4.69) is 21.9 Å². The minimum Gasteiger partial charge on any atom is -0.496 e. The maximum absolute atomic E-state index is 13.8. The number of likely N-dealkylation sites (N-methyl/N-ethyl adjacent to an activating group) is 1. The molecular formula is C22H24F2N4O. The van der Waals surface area contributed by atoms with E-state index in [0.29, 0.717) is 39.7 Å². The fourth-order valence-corrected chi connectivity index (χ4v) is 4.04. The van der Waals surface area contributed by atoms with E-state index in [9.17, 15) is 8.78 Å². The number of piperidine rings is 1. The predicted octanol–water partition coefficient (Wildman–Crippen LogP) is 4.76. The smallest absolute Gasteiger partial charge is 0.264 e. The first-order valence-electron chi connectivity index (χ1n) is 9.75. The van der Waals surface area contributed by atoms with Gasteiger partial charge in [-0.2, -0.15) is 0 Å². The van der Waals surface area contributed by atoms with Gasteiger partial charge in [-0.25, -0.2) is 18.7 Å². The number of aryl methyl sites for hydroxylation is 1. The first-order chi connectivity index (χ1) is 14.0. The summed E-state index contributed by atoms with van der Waals surface area (Å²) in [6, 6.07) is 6.70. The first kappa shape index (κ1) is 19.6. The van der Waals surface area contributed by atoms with Crippen LogP contribution in [0.2, 0.25) is 0 Å². The standard InChI is InChI=1S/C22H24F2N4O/c1-13-9-15(21(23)24)20(19(10-13)29-3)16-6-7-17-22(26-16)27-18(11-25-17)14-5-4-8-28(2)12-14/h6-7,9-11,14,21H,4-5,8,12H2,1-3H3/t14-/m1/s1.